The lowest BCUT2D eigenvalue weighted by atomic mass is 10.1. The van der Waals surface area contributed by atoms with E-state index in [1.807, 2.05) is 6.07 Å². The number of phenolic OH excluding ortho intramolecular Hbond substituents is 1. The maximum atomic E-state index is 12.2. The minimum Gasteiger partial charge on any atom is -0.507 e. The van der Waals surface area contributed by atoms with Gasteiger partial charge in [0.25, 0.3) is 0 Å². The molecule has 1 amide bonds. The Morgan fingerprint density at radius 3 is 2.59 bits per heavy atom. The number of carbonyl (C=O) groups is 2. The lowest BCUT2D eigenvalue weighted by Crippen LogP contribution is -2.06. The number of hydrogen-bond acceptors (Lipinski definition) is 3. The van der Waals surface area contributed by atoms with E-state index in [0.29, 0.717) is 16.3 Å². The van der Waals surface area contributed by atoms with Crippen molar-refractivity contribution >= 4 is 35.1 Å². The molecule has 22 heavy (non-hydrogen) atoms. The number of rotatable bonds is 4. The molecule has 0 atom stereocenters. The molecule has 0 spiro atoms. The number of carbonyl (C=O) groups excluding carboxylic acids is 2. The third-order valence-electron chi connectivity index (χ3n) is 2.90. The van der Waals surface area contributed by atoms with E-state index in [1.165, 1.54) is 31.2 Å². The number of halogens is 1. The zero-order chi connectivity index (χ0) is 16.1. The predicted octanol–water partition coefficient (Wildman–Crippen LogP) is 3.90. The summed E-state index contributed by atoms with van der Waals surface area (Å²) in [6.45, 7) is 1.37. The lowest BCUT2D eigenvalue weighted by molar-refractivity contribution is -0.114. The maximum Gasteiger partial charge on any atom is 0.221 e. The van der Waals surface area contributed by atoms with Crippen LogP contribution in [0.2, 0.25) is 5.02 Å². The molecule has 4 nitrogen and oxygen atoms in total. The highest BCUT2D eigenvalue weighted by molar-refractivity contribution is 6.32. The summed E-state index contributed by atoms with van der Waals surface area (Å²) in [5.41, 5.74) is 1.25. The van der Waals surface area contributed by atoms with Gasteiger partial charge in [0.1, 0.15) is 5.75 Å². The standard InChI is InChI=1S/C17H14ClNO3/c1-11(20)19-13-7-9-17(22)14(10-13)16(21)8-6-12-4-2-3-5-15(12)18/h2-10,22H,1H3,(H,19,20)/b8-6+. The van der Waals surface area contributed by atoms with Crippen LogP contribution >= 0.6 is 11.6 Å². The van der Waals surface area contributed by atoms with E-state index >= 15 is 0 Å². The summed E-state index contributed by atoms with van der Waals surface area (Å²) in [6, 6.07) is 11.4. The highest BCUT2D eigenvalue weighted by Crippen LogP contribution is 2.23. The van der Waals surface area contributed by atoms with Gasteiger partial charge < -0.3 is 10.4 Å². The molecule has 0 unspecified atom stereocenters. The fourth-order valence-electron chi connectivity index (χ4n) is 1.88. The predicted molar refractivity (Wildman–Crippen MR) is 87.2 cm³/mol. The first-order valence-electron chi connectivity index (χ1n) is 6.55. The van der Waals surface area contributed by atoms with Crippen molar-refractivity contribution in [1.82, 2.24) is 0 Å². The van der Waals surface area contributed by atoms with Gasteiger partial charge in [0, 0.05) is 17.6 Å². The monoisotopic (exact) mass is 315 g/mol. The Bertz CT molecular complexity index is 753. The first kappa shape index (κ1) is 15.8. The van der Waals surface area contributed by atoms with E-state index in [-0.39, 0.29) is 23.0 Å². The first-order chi connectivity index (χ1) is 10.5. The van der Waals surface area contributed by atoms with Crippen molar-refractivity contribution in [3.8, 4) is 5.75 Å². The summed E-state index contributed by atoms with van der Waals surface area (Å²) >= 11 is 6.01. The van der Waals surface area contributed by atoms with E-state index in [1.54, 1.807) is 24.3 Å². The van der Waals surface area contributed by atoms with Crippen LogP contribution in [0.5, 0.6) is 5.75 Å². The van der Waals surface area contributed by atoms with Gasteiger partial charge in [-0.05, 0) is 42.0 Å². The highest BCUT2D eigenvalue weighted by Gasteiger charge is 2.10. The van der Waals surface area contributed by atoms with Gasteiger partial charge in [-0.3, -0.25) is 9.59 Å². The van der Waals surface area contributed by atoms with Crippen molar-refractivity contribution in [2.75, 3.05) is 5.32 Å². The van der Waals surface area contributed by atoms with Crippen LogP contribution in [0, 0.1) is 0 Å². The molecule has 0 aliphatic carbocycles. The lowest BCUT2D eigenvalue weighted by Gasteiger charge is -2.06. The number of nitrogens with one attached hydrogen (secondary N) is 1. The summed E-state index contributed by atoms with van der Waals surface area (Å²) in [7, 11) is 0. The Labute approximate surface area is 133 Å². The van der Waals surface area contributed by atoms with E-state index in [2.05, 4.69) is 5.32 Å². The smallest absolute Gasteiger partial charge is 0.221 e. The van der Waals surface area contributed by atoms with Gasteiger partial charge in [-0.25, -0.2) is 0 Å². The van der Waals surface area contributed by atoms with Gasteiger partial charge in [-0.15, -0.1) is 0 Å². The minimum absolute atomic E-state index is 0.106. The fraction of sp³-hybridized carbons (Fsp3) is 0.0588. The van der Waals surface area contributed by atoms with Gasteiger partial charge in [-0.2, -0.15) is 0 Å². The van der Waals surface area contributed by atoms with Gasteiger partial charge in [-0.1, -0.05) is 29.8 Å². The Morgan fingerprint density at radius 1 is 1.18 bits per heavy atom. The quantitative estimate of drug-likeness (QED) is 0.511. The molecule has 2 aromatic carbocycles. The molecule has 2 rings (SSSR count). The third kappa shape index (κ3) is 3.96. The number of amides is 1. The number of allylic oxidation sites excluding steroid dienone is 1. The average molecular weight is 316 g/mol. The second-order valence-corrected chi connectivity index (χ2v) is 5.04. The topological polar surface area (TPSA) is 66.4 Å². The van der Waals surface area contributed by atoms with Crippen LogP contribution in [0.4, 0.5) is 5.69 Å². The molecule has 0 saturated carbocycles. The zero-order valence-electron chi connectivity index (χ0n) is 11.8. The second-order valence-electron chi connectivity index (χ2n) is 4.63. The Kier molecular flexibility index (Phi) is 4.96. The van der Waals surface area contributed by atoms with Crippen molar-refractivity contribution in [3.63, 3.8) is 0 Å². The molecule has 112 valence electrons. The summed E-state index contributed by atoms with van der Waals surface area (Å²) in [5, 5.41) is 12.9. The highest BCUT2D eigenvalue weighted by atomic mass is 35.5. The number of anilines is 1. The van der Waals surface area contributed by atoms with Gasteiger partial charge in [0.05, 0.1) is 5.56 Å². The van der Waals surface area contributed by atoms with Gasteiger partial charge >= 0.3 is 0 Å². The molecular weight excluding hydrogens is 302 g/mol. The van der Waals surface area contributed by atoms with Crippen LogP contribution in [0.15, 0.2) is 48.5 Å². The summed E-state index contributed by atoms with van der Waals surface area (Å²) in [6.07, 6.45) is 2.91. The molecular formula is C17H14ClNO3. The number of aromatic hydroxyl groups is 1. The third-order valence-corrected chi connectivity index (χ3v) is 3.25. The Hall–Kier alpha value is -2.59. The summed E-state index contributed by atoms with van der Waals surface area (Å²) < 4.78 is 0. The van der Waals surface area contributed by atoms with Crippen LogP contribution in [-0.2, 0) is 4.79 Å². The SMILES string of the molecule is CC(=O)Nc1ccc(O)c(C(=O)/C=C/c2ccccc2Cl)c1. The second kappa shape index (κ2) is 6.91. The van der Waals surface area contributed by atoms with Gasteiger partial charge in [0.2, 0.25) is 5.91 Å². The number of phenols is 1. The molecule has 2 N–H and O–H groups in total. The molecule has 0 saturated heterocycles. The van der Waals surface area contributed by atoms with E-state index in [0.717, 1.165) is 0 Å². The van der Waals surface area contributed by atoms with Crippen molar-refractivity contribution in [3.05, 3.63) is 64.7 Å². The molecule has 5 heteroatoms. The normalized spacial score (nSPS) is 10.6. The molecule has 0 radical (unpaired) electrons. The van der Waals surface area contributed by atoms with Crippen molar-refractivity contribution in [2.45, 2.75) is 6.92 Å². The van der Waals surface area contributed by atoms with Gasteiger partial charge in [0.15, 0.2) is 5.78 Å². The largest absolute Gasteiger partial charge is 0.507 e. The first-order valence-corrected chi connectivity index (χ1v) is 6.92. The molecule has 0 fully saturated rings. The minimum atomic E-state index is -0.385. The fourth-order valence-corrected chi connectivity index (χ4v) is 2.08. The van der Waals surface area contributed by atoms with Crippen LogP contribution in [0.25, 0.3) is 6.08 Å². The molecule has 0 aliphatic rings. The van der Waals surface area contributed by atoms with Crippen LogP contribution in [0.3, 0.4) is 0 Å². The Balaban J connectivity index is 2.25. The van der Waals surface area contributed by atoms with E-state index in [9.17, 15) is 14.7 Å². The van der Waals surface area contributed by atoms with Crippen molar-refractivity contribution < 1.29 is 14.7 Å². The number of hydrogen-bond donors (Lipinski definition) is 2. The molecule has 0 aromatic heterocycles. The number of benzene rings is 2. The zero-order valence-corrected chi connectivity index (χ0v) is 12.6. The summed E-state index contributed by atoms with van der Waals surface area (Å²) in [5.74, 6) is -0.789. The Morgan fingerprint density at radius 2 is 1.91 bits per heavy atom. The molecule has 0 heterocycles. The van der Waals surface area contributed by atoms with E-state index < -0.39 is 0 Å². The van der Waals surface area contributed by atoms with Crippen LogP contribution in [-0.4, -0.2) is 16.8 Å². The molecule has 0 aliphatic heterocycles. The number of ketones is 1. The molecule has 2 aromatic rings. The van der Waals surface area contributed by atoms with E-state index in [4.69, 9.17) is 11.6 Å². The maximum absolute atomic E-state index is 12.2. The van der Waals surface area contributed by atoms with Crippen molar-refractivity contribution in [2.24, 2.45) is 0 Å². The average Bonchev–Trinajstić information content (AvgIpc) is 2.47. The van der Waals surface area contributed by atoms with Crippen molar-refractivity contribution in [1.29, 1.82) is 0 Å². The summed E-state index contributed by atoms with van der Waals surface area (Å²) in [4.78, 5) is 23.2. The molecule has 0 bridgehead atoms. The van der Waals surface area contributed by atoms with Crippen LogP contribution in [0.1, 0.15) is 22.8 Å². The van der Waals surface area contributed by atoms with Crippen LogP contribution < -0.4 is 5.32 Å².